The number of rotatable bonds is 2. The molecule has 4 nitrogen and oxygen atoms in total. The Balaban J connectivity index is 2.29. The molecule has 1 fully saturated rings. The molecule has 2 unspecified atom stereocenters. The van der Waals surface area contributed by atoms with Gasteiger partial charge in [0, 0.05) is 12.6 Å². The monoisotopic (exact) mass is 185 g/mol. The third-order valence-corrected chi connectivity index (χ3v) is 2.44. The summed E-state index contributed by atoms with van der Waals surface area (Å²) in [6.07, 6.45) is 1.03. The number of nitrogens with one attached hydrogen (secondary N) is 3. The van der Waals surface area contributed by atoms with Gasteiger partial charge < -0.3 is 16.0 Å². The summed E-state index contributed by atoms with van der Waals surface area (Å²) < 4.78 is 0. The van der Waals surface area contributed by atoms with Gasteiger partial charge >= 0.3 is 6.03 Å². The van der Waals surface area contributed by atoms with Gasteiger partial charge in [-0.25, -0.2) is 4.79 Å². The lowest BCUT2D eigenvalue weighted by Gasteiger charge is -2.30. The highest BCUT2D eigenvalue weighted by Gasteiger charge is 2.21. The highest BCUT2D eigenvalue weighted by Crippen LogP contribution is 2.09. The molecule has 1 rings (SSSR count). The van der Waals surface area contributed by atoms with Crippen molar-refractivity contribution < 1.29 is 4.79 Å². The molecular weight excluding hydrogens is 166 g/mol. The van der Waals surface area contributed by atoms with Crippen LogP contribution in [0.25, 0.3) is 0 Å². The van der Waals surface area contributed by atoms with Crippen LogP contribution in [0.15, 0.2) is 0 Å². The number of hydrogen-bond acceptors (Lipinski definition) is 2. The summed E-state index contributed by atoms with van der Waals surface area (Å²) in [4.78, 5) is 11.2. The molecule has 1 aliphatic heterocycles. The number of carbonyl (C=O) groups excluding carboxylic acids is 1. The minimum absolute atomic E-state index is 0.0405. The van der Waals surface area contributed by atoms with Crippen molar-refractivity contribution in [3.05, 3.63) is 0 Å². The van der Waals surface area contributed by atoms with Crippen LogP contribution >= 0.6 is 0 Å². The van der Waals surface area contributed by atoms with Crippen LogP contribution in [-0.2, 0) is 0 Å². The Labute approximate surface area is 79.5 Å². The summed E-state index contributed by atoms with van der Waals surface area (Å²) in [5.74, 6) is 0.524. The molecule has 4 heteroatoms. The second kappa shape index (κ2) is 5.07. The van der Waals surface area contributed by atoms with Crippen LogP contribution in [0, 0.1) is 5.92 Å². The van der Waals surface area contributed by atoms with Crippen LogP contribution < -0.4 is 16.0 Å². The number of amides is 2. The summed E-state index contributed by atoms with van der Waals surface area (Å²) in [6, 6.07) is 0.286. The molecular formula is C9H19N3O. The Morgan fingerprint density at radius 2 is 2.38 bits per heavy atom. The topological polar surface area (TPSA) is 53.2 Å². The van der Waals surface area contributed by atoms with E-state index in [2.05, 4.69) is 22.9 Å². The molecule has 2 amide bonds. The van der Waals surface area contributed by atoms with Gasteiger partial charge in [-0.2, -0.15) is 0 Å². The van der Waals surface area contributed by atoms with Gasteiger partial charge in [-0.1, -0.05) is 6.92 Å². The van der Waals surface area contributed by atoms with Gasteiger partial charge in [0.25, 0.3) is 0 Å². The maximum atomic E-state index is 11.2. The van der Waals surface area contributed by atoms with E-state index in [9.17, 15) is 4.79 Å². The quantitative estimate of drug-likeness (QED) is 0.579. The summed E-state index contributed by atoms with van der Waals surface area (Å²) in [5.41, 5.74) is 0. The van der Waals surface area contributed by atoms with Crippen molar-refractivity contribution in [1.82, 2.24) is 16.0 Å². The standard InChI is InChI=1S/C9H19N3O/c1-3-11-9(13)12-8-4-5-10-6-7(8)2/h7-8,10H,3-6H2,1-2H3,(H2,11,12,13). The van der Waals surface area contributed by atoms with E-state index in [1.807, 2.05) is 6.92 Å². The molecule has 0 aliphatic carbocycles. The van der Waals surface area contributed by atoms with E-state index in [-0.39, 0.29) is 6.03 Å². The first-order valence-electron chi connectivity index (χ1n) is 4.99. The van der Waals surface area contributed by atoms with E-state index >= 15 is 0 Å². The van der Waals surface area contributed by atoms with E-state index in [1.54, 1.807) is 0 Å². The number of urea groups is 1. The number of carbonyl (C=O) groups is 1. The first kappa shape index (κ1) is 10.3. The van der Waals surface area contributed by atoms with Crippen molar-refractivity contribution in [3.63, 3.8) is 0 Å². The predicted octanol–water partition coefficient (Wildman–Crippen LogP) is 0.304. The van der Waals surface area contributed by atoms with Gasteiger partial charge in [0.05, 0.1) is 0 Å². The molecule has 2 atom stereocenters. The normalized spacial score (nSPS) is 28.2. The van der Waals surface area contributed by atoms with Crippen LogP contribution in [0.4, 0.5) is 4.79 Å². The molecule has 76 valence electrons. The molecule has 0 saturated carbocycles. The average molecular weight is 185 g/mol. The first-order chi connectivity index (χ1) is 6.24. The van der Waals surface area contributed by atoms with Crippen LogP contribution in [-0.4, -0.2) is 31.7 Å². The molecule has 0 bridgehead atoms. The van der Waals surface area contributed by atoms with Crippen molar-refractivity contribution in [2.45, 2.75) is 26.3 Å². The lowest BCUT2D eigenvalue weighted by molar-refractivity contribution is 0.225. The van der Waals surface area contributed by atoms with Crippen molar-refractivity contribution in [2.24, 2.45) is 5.92 Å². The summed E-state index contributed by atoms with van der Waals surface area (Å²) in [6.45, 7) is 6.76. The van der Waals surface area contributed by atoms with Gasteiger partial charge in [0.1, 0.15) is 0 Å². The van der Waals surface area contributed by atoms with Crippen LogP contribution in [0.2, 0.25) is 0 Å². The minimum Gasteiger partial charge on any atom is -0.338 e. The first-order valence-corrected chi connectivity index (χ1v) is 4.99. The summed E-state index contributed by atoms with van der Waals surface area (Å²) >= 11 is 0. The second-order valence-corrected chi connectivity index (χ2v) is 3.58. The Hall–Kier alpha value is -0.770. The SMILES string of the molecule is CCNC(=O)NC1CCNCC1C. The lowest BCUT2D eigenvalue weighted by atomic mass is 9.95. The van der Waals surface area contributed by atoms with Crippen LogP contribution in [0.3, 0.4) is 0 Å². The van der Waals surface area contributed by atoms with Gasteiger partial charge in [0.15, 0.2) is 0 Å². The van der Waals surface area contributed by atoms with E-state index in [0.29, 0.717) is 18.5 Å². The fourth-order valence-corrected chi connectivity index (χ4v) is 1.61. The van der Waals surface area contributed by atoms with Crippen molar-refractivity contribution in [3.8, 4) is 0 Å². The van der Waals surface area contributed by atoms with E-state index in [0.717, 1.165) is 19.5 Å². The fraction of sp³-hybridized carbons (Fsp3) is 0.889. The fourth-order valence-electron chi connectivity index (χ4n) is 1.61. The molecule has 1 aliphatic rings. The van der Waals surface area contributed by atoms with Crippen LogP contribution in [0.1, 0.15) is 20.3 Å². The number of hydrogen-bond donors (Lipinski definition) is 3. The summed E-state index contributed by atoms with van der Waals surface area (Å²) in [7, 11) is 0. The second-order valence-electron chi connectivity index (χ2n) is 3.58. The largest absolute Gasteiger partial charge is 0.338 e. The zero-order valence-corrected chi connectivity index (χ0v) is 8.39. The lowest BCUT2D eigenvalue weighted by Crippen LogP contribution is -2.51. The number of piperidine rings is 1. The molecule has 3 N–H and O–H groups in total. The molecule has 0 aromatic carbocycles. The highest BCUT2D eigenvalue weighted by atomic mass is 16.2. The predicted molar refractivity (Wildman–Crippen MR) is 52.6 cm³/mol. The Morgan fingerprint density at radius 3 is 3.00 bits per heavy atom. The molecule has 0 aromatic rings. The maximum Gasteiger partial charge on any atom is 0.315 e. The Bertz CT molecular complexity index is 172. The van der Waals surface area contributed by atoms with Crippen molar-refractivity contribution in [2.75, 3.05) is 19.6 Å². The maximum absolute atomic E-state index is 11.2. The van der Waals surface area contributed by atoms with Gasteiger partial charge in [-0.15, -0.1) is 0 Å². The van der Waals surface area contributed by atoms with Gasteiger partial charge in [0.2, 0.25) is 0 Å². The average Bonchev–Trinajstić information content (AvgIpc) is 2.09. The van der Waals surface area contributed by atoms with E-state index in [1.165, 1.54) is 0 Å². The molecule has 13 heavy (non-hydrogen) atoms. The Morgan fingerprint density at radius 1 is 1.62 bits per heavy atom. The third kappa shape index (κ3) is 3.22. The van der Waals surface area contributed by atoms with E-state index in [4.69, 9.17) is 0 Å². The third-order valence-electron chi connectivity index (χ3n) is 2.44. The van der Waals surface area contributed by atoms with Crippen LogP contribution in [0.5, 0.6) is 0 Å². The smallest absolute Gasteiger partial charge is 0.315 e. The zero-order chi connectivity index (χ0) is 9.68. The Kier molecular flexibility index (Phi) is 4.02. The molecule has 0 spiro atoms. The van der Waals surface area contributed by atoms with E-state index < -0.39 is 0 Å². The molecule has 1 heterocycles. The molecule has 1 saturated heterocycles. The minimum atomic E-state index is -0.0405. The van der Waals surface area contributed by atoms with Crippen molar-refractivity contribution in [1.29, 1.82) is 0 Å². The van der Waals surface area contributed by atoms with Gasteiger partial charge in [-0.3, -0.25) is 0 Å². The highest BCUT2D eigenvalue weighted by molar-refractivity contribution is 5.74. The zero-order valence-electron chi connectivity index (χ0n) is 8.39. The molecule has 0 radical (unpaired) electrons. The van der Waals surface area contributed by atoms with Gasteiger partial charge in [-0.05, 0) is 32.4 Å². The molecule has 0 aromatic heterocycles. The summed E-state index contributed by atoms with van der Waals surface area (Å²) in [5, 5.41) is 9.02. The van der Waals surface area contributed by atoms with Crippen molar-refractivity contribution >= 4 is 6.03 Å².